The van der Waals surface area contributed by atoms with E-state index in [1.165, 1.54) is 35.3 Å². The molecular formula is C29H43NO2S. The summed E-state index contributed by atoms with van der Waals surface area (Å²) >= 11 is 1.86. The average molecular weight is 470 g/mol. The fraction of sp³-hybridized carbons (Fsp3) is 0.621. The van der Waals surface area contributed by atoms with E-state index in [0.717, 1.165) is 63.8 Å². The molecule has 1 aliphatic carbocycles. The number of carbonyl (C=O) groups is 1. The van der Waals surface area contributed by atoms with Crippen LogP contribution in [-0.4, -0.2) is 30.0 Å². The first-order chi connectivity index (χ1) is 16.1. The van der Waals surface area contributed by atoms with Gasteiger partial charge in [-0.05, 0) is 79.6 Å². The molecule has 0 fully saturated rings. The minimum absolute atomic E-state index is 0.0522. The molecule has 1 heterocycles. The van der Waals surface area contributed by atoms with Gasteiger partial charge in [0.05, 0.1) is 0 Å². The molecule has 1 aliphatic rings. The number of rotatable bonds is 14. The molecule has 2 aromatic rings. The summed E-state index contributed by atoms with van der Waals surface area (Å²) in [5.41, 5.74) is 2.63. The van der Waals surface area contributed by atoms with Gasteiger partial charge < -0.3 is 4.74 Å². The highest BCUT2D eigenvalue weighted by Gasteiger charge is 2.26. The first-order valence-electron chi connectivity index (χ1n) is 13.2. The van der Waals surface area contributed by atoms with Gasteiger partial charge in [-0.3, -0.25) is 9.69 Å². The van der Waals surface area contributed by atoms with E-state index < -0.39 is 0 Å². The summed E-state index contributed by atoms with van der Waals surface area (Å²) < 4.78 is 5.96. The second kappa shape index (κ2) is 13.9. The Hall–Kier alpha value is -1.65. The van der Waals surface area contributed by atoms with Crippen LogP contribution in [0.1, 0.15) is 88.1 Å². The summed E-state index contributed by atoms with van der Waals surface area (Å²) in [7, 11) is 0. The highest BCUT2D eigenvalue weighted by atomic mass is 32.1. The number of thiophene rings is 1. The van der Waals surface area contributed by atoms with E-state index >= 15 is 0 Å². The van der Waals surface area contributed by atoms with Crippen LogP contribution >= 0.6 is 11.3 Å². The van der Waals surface area contributed by atoms with Crippen molar-refractivity contribution in [3.05, 3.63) is 51.7 Å². The van der Waals surface area contributed by atoms with Crippen molar-refractivity contribution in [3.8, 4) is 5.75 Å². The van der Waals surface area contributed by atoms with E-state index in [1.54, 1.807) is 0 Å². The zero-order valence-corrected chi connectivity index (χ0v) is 21.8. The van der Waals surface area contributed by atoms with Crippen molar-refractivity contribution in [2.24, 2.45) is 5.92 Å². The predicted octanol–water partition coefficient (Wildman–Crippen LogP) is 7.46. The van der Waals surface area contributed by atoms with Crippen molar-refractivity contribution in [3.63, 3.8) is 0 Å². The minimum atomic E-state index is -0.0522. The number of fused-ring (bicyclic) bond motifs is 1. The third-order valence-electron chi connectivity index (χ3n) is 7.01. The summed E-state index contributed by atoms with van der Waals surface area (Å²) in [4.78, 5) is 16.9. The third-order valence-corrected chi connectivity index (χ3v) is 7.94. The van der Waals surface area contributed by atoms with Gasteiger partial charge >= 0.3 is 5.97 Å². The van der Waals surface area contributed by atoms with Crippen LogP contribution in [0.15, 0.2) is 35.7 Å². The molecule has 4 heteroatoms. The average Bonchev–Trinajstić information content (AvgIpc) is 3.34. The molecule has 3 rings (SSSR count). The second-order valence-electron chi connectivity index (χ2n) is 9.63. The van der Waals surface area contributed by atoms with Gasteiger partial charge in [0.1, 0.15) is 5.75 Å². The third kappa shape index (κ3) is 7.96. The lowest BCUT2D eigenvalue weighted by Crippen LogP contribution is -2.41. The molecule has 0 amide bonds. The molecule has 0 bridgehead atoms. The van der Waals surface area contributed by atoms with Crippen LogP contribution in [0.4, 0.5) is 0 Å². The molecule has 0 N–H and O–H groups in total. The Bertz CT molecular complexity index is 832. The maximum Gasteiger partial charge on any atom is 0.311 e. The van der Waals surface area contributed by atoms with Crippen LogP contribution in [0.5, 0.6) is 5.75 Å². The molecule has 1 aromatic heterocycles. The fourth-order valence-corrected chi connectivity index (χ4v) is 5.98. The van der Waals surface area contributed by atoms with Gasteiger partial charge in [-0.1, -0.05) is 64.7 Å². The molecule has 3 nitrogen and oxygen atoms in total. The van der Waals surface area contributed by atoms with E-state index in [9.17, 15) is 4.79 Å². The summed E-state index contributed by atoms with van der Waals surface area (Å²) in [5, 5.41) is 2.17. The molecular weight excluding hydrogens is 426 g/mol. The van der Waals surface area contributed by atoms with Crippen LogP contribution in [0.2, 0.25) is 0 Å². The van der Waals surface area contributed by atoms with Crippen molar-refractivity contribution < 1.29 is 9.53 Å². The first kappa shape index (κ1) is 26.0. The van der Waals surface area contributed by atoms with Crippen molar-refractivity contribution in [1.29, 1.82) is 0 Å². The molecule has 2 atom stereocenters. The highest BCUT2D eigenvalue weighted by molar-refractivity contribution is 7.09. The van der Waals surface area contributed by atoms with Gasteiger partial charge in [0.2, 0.25) is 0 Å². The molecule has 0 aliphatic heterocycles. The molecule has 0 radical (unpaired) electrons. The van der Waals surface area contributed by atoms with Crippen LogP contribution in [-0.2, 0) is 24.1 Å². The van der Waals surface area contributed by atoms with Gasteiger partial charge in [0.25, 0.3) is 0 Å². The van der Waals surface area contributed by atoms with Crippen LogP contribution in [0.3, 0.4) is 0 Å². The Labute approximate surface area is 205 Å². The van der Waals surface area contributed by atoms with Crippen LogP contribution < -0.4 is 4.74 Å². The molecule has 33 heavy (non-hydrogen) atoms. The van der Waals surface area contributed by atoms with Gasteiger partial charge in [0.15, 0.2) is 0 Å². The molecule has 0 saturated carbocycles. The Balaban J connectivity index is 1.61. The molecule has 0 saturated heterocycles. The molecule has 182 valence electrons. The van der Waals surface area contributed by atoms with E-state index in [1.807, 2.05) is 17.4 Å². The highest BCUT2D eigenvalue weighted by Crippen LogP contribution is 2.32. The summed E-state index contributed by atoms with van der Waals surface area (Å²) in [5.74, 6) is 1.21. The molecule has 0 spiro atoms. The number of ether oxygens (including phenoxy) is 1. The summed E-state index contributed by atoms with van der Waals surface area (Å²) in [6.07, 6.45) is 11.8. The zero-order chi connectivity index (χ0) is 23.5. The summed E-state index contributed by atoms with van der Waals surface area (Å²) in [6, 6.07) is 11.3. The largest absolute Gasteiger partial charge is 0.426 e. The number of hydrogen-bond acceptors (Lipinski definition) is 4. The van der Waals surface area contributed by atoms with Gasteiger partial charge in [-0.15, -0.1) is 11.3 Å². The predicted molar refractivity (Wildman–Crippen MR) is 140 cm³/mol. The normalized spacial score (nSPS) is 16.5. The number of benzene rings is 1. The standard InChI is InChI=1S/C29H43NO2S/c1-4-7-11-23(10-5-2)21-29(31)32-28-14-8-12-24-22-25(15-16-27(24)28)30(18-6-3)19-17-26-13-9-20-33-26/h8-9,12-14,20,23,25H,4-7,10-11,15-19,21-22H2,1-3H3. The SMILES string of the molecule is CCCCC(CCC)CC(=O)Oc1cccc2c1CCC(N(CCC)CCc1cccs1)C2. The van der Waals surface area contributed by atoms with Crippen LogP contribution in [0, 0.1) is 5.92 Å². The van der Waals surface area contributed by atoms with Crippen molar-refractivity contribution in [2.75, 3.05) is 13.1 Å². The second-order valence-corrected chi connectivity index (χ2v) is 10.7. The number of hydrogen-bond donors (Lipinski definition) is 0. The fourth-order valence-electron chi connectivity index (χ4n) is 5.28. The van der Waals surface area contributed by atoms with Gasteiger partial charge in [0, 0.05) is 23.9 Å². The quantitative estimate of drug-likeness (QED) is 0.212. The van der Waals surface area contributed by atoms with Gasteiger partial charge in [-0.25, -0.2) is 0 Å². The minimum Gasteiger partial charge on any atom is -0.426 e. The Morgan fingerprint density at radius 1 is 1.09 bits per heavy atom. The van der Waals surface area contributed by atoms with E-state index in [-0.39, 0.29) is 5.97 Å². The van der Waals surface area contributed by atoms with Crippen LogP contribution in [0.25, 0.3) is 0 Å². The lowest BCUT2D eigenvalue weighted by Gasteiger charge is -2.35. The Morgan fingerprint density at radius 3 is 2.70 bits per heavy atom. The smallest absolute Gasteiger partial charge is 0.311 e. The lowest BCUT2D eigenvalue weighted by molar-refractivity contribution is -0.135. The van der Waals surface area contributed by atoms with Crippen molar-refractivity contribution >= 4 is 17.3 Å². The molecule has 1 aromatic carbocycles. The van der Waals surface area contributed by atoms with Gasteiger partial charge in [-0.2, -0.15) is 0 Å². The maximum atomic E-state index is 12.8. The zero-order valence-electron chi connectivity index (χ0n) is 21.0. The lowest BCUT2D eigenvalue weighted by atomic mass is 9.86. The topological polar surface area (TPSA) is 29.5 Å². The Kier molecular flexibility index (Phi) is 10.9. The van der Waals surface area contributed by atoms with Crippen molar-refractivity contribution in [1.82, 2.24) is 4.90 Å². The van der Waals surface area contributed by atoms with Crippen molar-refractivity contribution in [2.45, 2.75) is 97.4 Å². The number of unbranched alkanes of at least 4 members (excludes halogenated alkanes) is 1. The van der Waals surface area contributed by atoms with E-state index in [0.29, 0.717) is 18.4 Å². The number of carbonyl (C=O) groups excluding carboxylic acids is 1. The number of esters is 1. The maximum absolute atomic E-state index is 12.8. The number of nitrogens with zero attached hydrogens (tertiary/aromatic N) is 1. The van der Waals surface area contributed by atoms with E-state index in [4.69, 9.17) is 4.74 Å². The summed E-state index contributed by atoms with van der Waals surface area (Å²) in [6.45, 7) is 8.97. The van der Waals surface area contributed by atoms with E-state index in [2.05, 4.69) is 55.3 Å². The molecule has 2 unspecified atom stereocenters. The Morgan fingerprint density at radius 2 is 1.97 bits per heavy atom. The first-order valence-corrected chi connectivity index (χ1v) is 14.1. The monoisotopic (exact) mass is 469 g/mol.